The van der Waals surface area contributed by atoms with E-state index in [1.54, 1.807) is 13.0 Å². The summed E-state index contributed by atoms with van der Waals surface area (Å²) in [6.07, 6.45) is 0.746. The normalized spacial score (nSPS) is 17.4. The van der Waals surface area contributed by atoms with Gasteiger partial charge in [-0.1, -0.05) is 6.08 Å². The van der Waals surface area contributed by atoms with Crippen LogP contribution in [-0.2, 0) is 0 Å². The number of rotatable bonds is 3. The number of aliphatic hydroxyl groups excluding tert-OH is 2. The molecule has 2 heteroatoms. The monoisotopic (exact) mass is 116 g/mol. The van der Waals surface area contributed by atoms with E-state index < -0.39 is 12.2 Å². The van der Waals surface area contributed by atoms with Gasteiger partial charge in [0.1, 0.15) is 0 Å². The predicted molar refractivity (Wildman–Crippen MR) is 32.5 cm³/mol. The summed E-state index contributed by atoms with van der Waals surface area (Å²) in [5.74, 6) is 0. The lowest BCUT2D eigenvalue weighted by atomic mass is 10.2. The third-order valence-corrected chi connectivity index (χ3v) is 0.965. The average molecular weight is 116 g/mol. The molecule has 2 N–H and O–H groups in total. The fourth-order valence-electron chi connectivity index (χ4n) is 0.368. The first kappa shape index (κ1) is 7.66. The van der Waals surface area contributed by atoms with Crippen LogP contribution in [0.2, 0.25) is 0 Å². The molecule has 0 spiro atoms. The van der Waals surface area contributed by atoms with Gasteiger partial charge in [-0.3, -0.25) is 0 Å². The third-order valence-electron chi connectivity index (χ3n) is 0.965. The van der Waals surface area contributed by atoms with E-state index in [0.717, 1.165) is 0 Å². The van der Waals surface area contributed by atoms with Crippen LogP contribution in [0, 0.1) is 0 Å². The van der Waals surface area contributed by atoms with Crippen LogP contribution in [0.4, 0.5) is 0 Å². The first-order chi connectivity index (χ1) is 3.68. The molecule has 2 nitrogen and oxygen atoms in total. The van der Waals surface area contributed by atoms with Crippen LogP contribution in [-0.4, -0.2) is 22.4 Å². The second kappa shape index (κ2) is 3.64. The first-order valence-corrected chi connectivity index (χ1v) is 2.65. The van der Waals surface area contributed by atoms with Gasteiger partial charge in [-0.2, -0.15) is 0 Å². The molecule has 2 unspecified atom stereocenters. The molecule has 0 fully saturated rings. The minimum Gasteiger partial charge on any atom is -0.391 e. The Morgan fingerprint density at radius 1 is 1.62 bits per heavy atom. The Balaban J connectivity index is 3.30. The second-order valence-corrected chi connectivity index (χ2v) is 1.83. The largest absolute Gasteiger partial charge is 0.391 e. The van der Waals surface area contributed by atoms with Crippen molar-refractivity contribution in [3.8, 4) is 0 Å². The van der Waals surface area contributed by atoms with Gasteiger partial charge in [0.15, 0.2) is 0 Å². The van der Waals surface area contributed by atoms with Gasteiger partial charge in [0, 0.05) is 0 Å². The molecule has 0 amide bonds. The summed E-state index contributed by atoms with van der Waals surface area (Å²) >= 11 is 0. The lowest BCUT2D eigenvalue weighted by Crippen LogP contribution is -2.21. The molecule has 0 aromatic rings. The lowest BCUT2D eigenvalue weighted by molar-refractivity contribution is 0.0337. The zero-order valence-electron chi connectivity index (χ0n) is 5.04. The molecule has 0 saturated carbocycles. The summed E-state index contributed by atoms with van der Waals surface area (Å²) in [5.41, 5.74) is 0. The average Bonchev–Trinajstić information content (AvgIpc) is 1.67. The SMILES string of the molecule is C=CCC(O)C(C)O. The summed E-state index contributed by atoms with van der Waals surface area (Å²) in [5, 5.41) is 17.5. The van der Waals surface area contributed by atoms with Gasteiger partial charge in [-0.05, 0) is 13.3 Å². The Hall–Kier alpha value is -0.340. The molecule has 0 aliphatic rings. The molecular formula is C6H12O2. The standard InChI is InChI=1S/C6H12O2/c1-3-4-6(8)5(2)7/h3,5-8H,1,4H2,2H3. The van der Waals surface area contributed by atoms with Gasteiger partial charge >= 0.3 is 0 Å². The van der Waals surface area contributed by atoms with Crippen LogP contribution in [0.25, 0.3) is 0 Å². The highest BCUT2D eigenvalue weighted by Gasteiger charge is 2.06. The zero-order valence-corrected chi connectivity index (χ0v) is 5.04. The third kappa shape index (κ3) is 2.77. The number of hydrogen-bond acceptors (Lipinski definition) is 2. The van der Waals surface area contributed by atoms with Gasteiger partial charge in [-0.25, -0.2) is 0 Å². The van der Waals surface area contributed by atoms with Gasteiger partial charge in [0.2, 0.25) is 0 Å². The Kier molecular flexibility index (Phi) is 3.48. The van der Waals surface area contributed by atoms with E-state index in [2.05, 4.69) is 6.58 Å². The Morgan fingerprint density at radius 2 is 2.12 bits per heavy atom. The molecule has 48 valence electrons. The van der Waals surface area contributed by atoms with Crippen LogP contribution < -0.4 is 0 Å². The second-order valence-electron chi connectivity index (χ2n) is 1.83. The van der Waals surface area contributed by atoms with Gasteiger partial charge in [-0.15, -0.1) is 6.58 Å². The van der Waals surface area contributed by atoms with Gasteiger partial charge in [0.05, 0.1) is 12.2 Å². The minimum absolute atomic E-state index is 0.456. The van der Waals surface area contributed by atoms with Crippen LogP contribution in [0.15, 0.2) is 12.7 Å². The zero-order chi connectivity index (χ0) is 6.57. The van der Waals surface area contributed by atoms with E-state index in [4.69, 9.17) is 10.2 Å². The Morgan fingerprint density at radius 3 is 2.25 bits per heavy atom. The molecule has 8 heavy (non-hydrogen) atoms. The van der Waals surface area contributed by atoms with Crippen molar-refractivity contribution in [2.75, 3.05) is 0 Å². The molecule has 0 aliphatic carbocycles. The van der Waals surface area contributed by atoms with Crippen molar-refractivity contribution in [1.82, 2.24) is 0 Å². The molecule has 0 aliphatic heterocycles. The maximum atomic E-state index is 8.81. The highest BCUT2D eigenvalue weighted by molar-refractivity contribution is 4.74. The van der Waals surface area contributed by atoms with E-state index >= 15 is 0 Å². The molecule has 0 radical (unpaired) electrons. The molecule has 0 aromatic heterocycles. The molecule has 0 aromatic carbocycles. The maximum absolute atomic E-state index is 8.81. The fourth-order valence-corrected chi connectivity index (χ4v) is 0.368. The Bertz CT molecular complexity index is 68.9. The van der Waals surface area contributed by atoms with E-state index in [1.165, 1.54) is 0 Å². The highest BCUT2D eigenvalue weighted by Crippen LogP contribution is 1.96. The quantitative estimate of drug-likeness (QED) is 0.521. The number of hydrogen-bond donors (Lipinski definition) is 2. The van der Waals surface area contributed by atoms with E-state index in [1.807, 2.05) is 0 Å². The van der Waals surface area contributed by atoms with Crippen molar-refractivity contribution in [1.29, 1.82) is 0 Å². The van der Waals surface area contributed by atoms with Crippen molar-refractivity contribution >= 4 is 0 Å². The van der Waals surface area contributed by atoms with Gasteiger partial charge in [0.25, 0.3) is 0 Å². The molecule has 0 saturated heterocycles. The van der Waals surface area contributed by atoms with Crippen LogP contribution >= 0.6 is 0 Å². The van der Waals surface area contributed by atoms with Crippen LogP contribution in [0.5, 0.6) is 0 Å². The van der Waals surface area contributed by atoms with Crippen LogP contribution in [0.3, 0.4) is 0 Å². The highest BCUT2D eigenvalue weighted by atomic mass is 16.3. The smallest absolute Gasteiger partial charge is 0.0830 e. The molecule has 2 atom stereocenters. The van der Waals surface area contributed by atoms with Crippen molar-refractivity contribution in [2.24, 2.45) is 0 Å². The summed E-state index contributed by atoms with van der Waals surface area (Å²) in [6, 6.07) is 0. The van der Waals surface area contributed by atoms with Crippen molar-refractivity contribution in [3.05, 3.63) is 12.7 Å². The minimum atomic E-state index is -0.646. The summed E-state index contributed by atoms with van der Waals surface area (Å²) in [6.45, 7) is 4.96. The molecular weight excluding hydrogens is 104 g/mol. The fraction of sp³-hybridized carbons (Fsp3) is 0.667. The number of aliphatic hydroxyl groups is 2. The van der Waals surface area contributed by atoms with Crippen LogP contribution in [0.1, 0.15) is 13.3 Å². The van der Waals surface area contributed by atoms with Crippen molar-refractivity contribution in [2.45, 2.75) is 25.6 Å². The lowest BCUT2D eigenvalue weighted by Gasteiger charge is -2.09. The van der Waals surface area contributed by atoms with Gasteiger partial charge < -0.3 is 10.2 Å². The summed E-state index contributed by atoms with van der Waals surface area (Å²) < 4.78 is 0. The van der Waals surface area contributed by atoms with Crippen molar-refractivity contribution < 1.29 is 10.2 Å². The van der Waals surface area contributed by atoms with E-state index in [0.29, 0.717) is 6.42 Å². The molecule has 0 bridgehead atoms. The molecule has 0 heterocycles. The van der Waals surface area contributed by atoms with E-state index in [-0.39, 0.29) is 0 Å². The topological polar surface area (TPSA) is 40.5 Å². The first-order valence-electron chi connectivity index (χ1n) is 2.65. The predicted octanol–water partition coefficient (Wildman–Crippen LogP) is 0.304. The summed E-state index contributed by atoms with van der Waals surface area (Å²) in [4.78, 5) is 0. The molecule has 0 rings (SSSR count). The summed E-state index contributed by atoms with van der Waals surface area (Å²) in [7, 11) is 0. The maximum Gasteiger partial charge on any atom is 0.0830 e. The van der Waals surface area contributed by atoms with Crippen molar-refractivity contribution in [3.63, 3.8) is 0 Å². The Labute approximate surface area is 49.5 Å². The van der Waals surface area contributed by atoms with E-state index in [9.17, 15) is 0 Å².